The van der Waals surface area contributed by atoms with Crippen LogP contribution < -0.4 is 20.1 Å². The molecule has 1 aromatic carbocycles. The van der Waals surface area contributed by atoms with Crippen molar-refractivity contribution in [2.45, 2.75) is 57.5 Å². The van der Waals surface area contributed by atoms with Gasteiger partial charge in [0.1, 0.15) is 0 Å². The van der Waals surface area contributed by atoms with E-state index in [0.717, 1.165) is 42.9 Å². The third kappa shape index (κ3) is 5.41. The molecule has 5 nitrogen and oxygen atoms in total. The predicted octanol–water partition coefficient (Wildman–Crippen LogP) is 2.67. The molecule has 134 valence electrons. The van der Waals surface area contributed by atoms with E-state index in [9.17, 15) is 4.79 Å². The molecule has 1 saturated carbocycles. The highest BCUT2D eigenvalue weighted by atomic mass is 16.5. The number of amides is 1. The Bertz CT molecular complexity index is 527. The third-order valence-electron chi connectivity index (χ3n) is 4.66. The van der Waals surface area contributed by atoms with Crippen LogP contribution in [0.5, 0.6) is 11.5 Å². The van der Waals surface area contributed by atoms with Crippen LogP contribution in [0.2, 0.25) is 0 Å². The number of nitrogens with one attached hydrogen (secondary N) is 2. The molecule has 0 spiro atoms. The topological polar surface area (TPSA) is 59.6 Å². The number of rotatable bonds is 8. The molecule has 1 fully saturated rings. The molecule has 0 aliphatic heterocycles. The zero-order chi connectivity index (χ0) is 17.4. The minimum Gasteiger partial charge on any atom is -0.493 e. The summed E-state index contributed by atoms with van der Waals surface area (Å²) < 4.78 is 10.6. The Hall–Kier alpha value is -1.75. The van der Waals surface area contributed by atoms with E-state index in [1.54, 1.807) is 14.2 Å². The fraction of sp³-hybridized carbons (Fsp3) is 0.632. The second-order valence-corrected chi connectivity index (χ2v) is 6.46. The Morgan fingerprint density at radius 2 is 1.88 bits per heavy atom. The van der Waals surface area contributed by atoms with Crippen LogP contribution in [0.15, 0.2) is 18.2 Å². The van der Waals surface area contributed by atoms with Crippen molar-refractivity contribution in [2.75, 3.05) is 20.8 Å². The molecular weight excluding hydrogens is 304 g/mol. The van der Waals surface area contributed by atoms with Gasteiger partial charge in [0, 0.05) is 6.04 Å². The van der Waals surface area contributed by atoms with Gasteiger partial charge in [-0.3, -0.25) is 4.79 Å². The maximum absolute atomic E-state index is 12.2. The van der Waals surface area contributed by atoms with Crippen molar-refractivity contribution in [3.63, 3.8) is 0 Å². The predicted molar refractivity (Wildman–Crippen MR) is 95.7 cm³/mol. The van der Waals surface area contributed by atoms with Gasteiger partial charge in [-0.15, -0.1) is 0 Å². The normalized spacial score (nSPS) is 16.5. The molecule has 1 aliphatic rings. The lowest BCUT2D eigenvalue weighted by Gasteiger charge is -2.24. The lowest BCUT2D eigenvalue weighted by atomic mass is 9.95. The van der Waals surface area contributed by atoms with Gasteiger partial charge in [-0.1, -0.05) is 25.3 Å². The SMILES string of the molecule is COc1ccc(CCNC(C)C(=O)NC2CCCCC2)cc1OC. The van der Waals surface area contributed by atoms with Crippen LogP contribution >= 0.6 is 0 Å². The summed E-state index contributed by atoms with van der Waals surface area (Å²) in [5, 5.41) is 6.47. The van der Waals surface area contributed by atoms with Gasteiger partial charge in [-0.2, -0.15) is 0 Å². The molecule has 2 N–H and O–H groups in total. The molecule has 0 aromatic heterocycles. The van der Waals surface area contributed by atoms with Crippen LogP contribution in [-0.2, 0) is 11.2 Å². The van der Waals surface area contributed by atoms with Gasteiger partial charge < -0.3 is 20.1 Å². The molecule has 1 aliphatic carbocycles. The van der Waals surface area contributed by atoms with E-state index in [1.165, 1.54) is 19.3 Å². The van der Waals surface area contributed by atoms with Crippen LogP contribution in [0.1, 0.15) is 44.6 Å². The average Bonchev–Trinajstić information content (AvgIpc) is 2.62. The quantitative estimate of drug-likeness (QED) is 0.767. The number of ether oxygens (including phenoxy) is 2. The summed E-state index contributed by atoms with van der Waals surface area (Å²) in [6.07, 6.45) is 6.82. The Labute approximate surface area is 145 Å². The first-order valence-electron chi connectivity index (χ1n) is 8.88. The number of benzene rings is 1. The second kappa shape index (κ2) is 9.52. The first kappa shape index (κ1) is 18.6. The molecular formula is C19H30N2O3. The van der Waals surface area contributed by atoms with Crippen molar-refractivity contribution < 1.29 is 14.3 Å². The average molecular weight is 334 g/mol. The highest BCUT2D eigenvalue weighted by Crippen LogP contribution is 2.27. The number of hydrogen-bond acceptors (Lipinski definition) is 4. The zero-order valence-corrected chi connectivity index (χ0v) is 15.1. The lowest BCUT2D eigenvalue weighted by molar-refractivity contribution is -0.123. The Morgan fingerprint density at radius 3 is 2.54 bits per heavy atom. The van der Waals surface area contributed by atoms with Gasteiger partial charge in [-0.05, 0) is 50.4 Å². The van der Waals surface area contributed by atoms with E-state index in [4.69, 9.17) is 9.47 Å². The van der Waals surface area contributed by atoms with E-state index in [0.29, 0.717) is 6.04 Å². The van der Waals surface area contributed by atoms with Gasteiger partial charge in [-0.25, -0.2) is 0 Å². The van der Waals surface area contributed by atoms with Gasteiger partial charge in [0.2, 0.25) is 5.91 Å². The van der Waals surface area contributed by atoms with Crippen LogP contribution in [0, 0.1) is 0 Å². The Kier molecular flexibility index (Phi) is 7.37. The molecule has 1 aromatic rings. The van der Waals surface area contributed by atoms with Crippen molar-refractivity contribution in [1.82, 2.24) is 10.6 Å². The first-order chi connectivity index (χ1) is 11.6. The van der Waals surface area contributed by atoms with E-state index in [1.807, 2.05) is 25.1 Å². The molecule has 1 atom stereocenters. The summed E-state index contributed by atoms with van der Waals surface area (Å²) in [5.41, 5.74) is 1.15. The van der Waals surface area contributed by atoms with Crippen molar-refractivity contribution in [1.29, 1.82) is 0 Å². The summed E-state index contributed by atoms with van der Waals surface area (Å²) in [7, 11) is 3.27. The molecule has 24 heavy (non-hydrogen) atoms. The summed E-state index contributed by atoms with van der Waals surface area (Å²) in [5.74, 6) is 1.57. The van der Waals surface area contributed by atoms with E-state index >= 15 is 0 Å². The minimum atomic E-state index is -0.174. The fourth-order valence-corrected chi connectivity index (χ4v) is 3.13. The van der Waals surface area contributed by atoms with Crippen LogP contribution in [0.3, 0.4) is 0 Å². The summed E-state index contributed by atoms with van der Waals surface area (Å²) in [4.78, 5) is 12.2. The molecule has 0 bridgehead atoms. The molecule has 2 rings (SSSR count). The van der Waals surface area contributed by atoms with Gasteiger partial charge >= 0.3 is 0 Å². The summed E-state index contributed by atoms with van der Waals surface area (Å²) in [6.45, 7) is 2.67. The highest BCUT2D eigenvalue weighted by Gasteiger charge is 2.19. The maximum atomic E-state index is 12.2. The number of methoxy groups -OCH3 is 2. The zero-order valence-electron chi connectivity index (χ0n) is 15.1. The smallest absolute Gasteiger partial charge is 0.237 e. The van der Waals surface area contributed by atoms with E-state index in [-0.39, 0.29) is 11.9 Å². The van der Waals surface area contributed by atoms with Crippen molar-refractivity contribution in [3.8, 4) is 11.5 Å². The molecule has 1 unspecified atom stereocenters. The number of hydrogen-bond donors (Lipinski definition) is 2. The number of carbonyl (C=O) groups excluding carboxylic acids is 1. The largest absolute Gasteiger partial charge is 0.493 e. The molecule has 5 heteroatoms. The van der Waals surface area contributed by atoms with Crippen molar-refractivity contribution >= 4 is 5.91 Å². The fourth-order valence-electron chi connectivity index (χ4n) is 3.13. The van der Waals surface area contributed by atoms with Crippen LogP contribution in [0.4, 0.5) is 0 Å². The lowest BCUT2D eigenvalue weighted by Crippen LogP contribution is -2.47. The summed E-state index contributed by atoms with van der Waals surface area (Å²) >= 11 is 0. The van der Waals surface area contributed by atoms with Gasteiger partial charge in [0.25, 0.3) is 0 Å². The standard InChI is InChI=1S/C19H30N2O3/c1-14(19(22)21-16-7-5-4-6-8-16)20-12-11-15-9-10-17(23-2)18(13-15)24-3/h9-10,13-14,16,20H,4-8,11-12H2,1-3H3,(H,21,22). The van der Waals surface area contributed by atoms with Crippen molar-refractivity contribution in [3.05, 3.63) is 23.8 Å². The second-order valence-electron chi connectivity index (χ2n) is 6.46. The Balaban J connectivity index is 1.75. The number of carbonyl (C=O) groups is 1. The molecule has 0 saturated heterocycles. The van der Waals surface area contributed by atoms with E-state index in [2.05, 4.69) is 10.6 Å². The van der Waals surface area contributed by atoms with Crippen molar-refractivity contribution in [2.24, 2.45) is 0 Å². The van der Waals surface area contributed by atoms with Gasteiger partial charge in [0.05, 0.1) is 20.3 Å². The monoisotopic (exact) mass is 334 g/mol. The van der Waals surface area contributed by atoms with E-state index < -0.39 is 0 Å². The molecule has 1 amide bonds. The summed E-state index contributed by atoms with van der Waals surface area (Å²) in [6, 6.07) is 6.10. The highest BCUT2D eigenvalue weighted by molar-refractivity contribution is 5.81. The molecule has 0 radical (unpaired) electrons. The van der Waals surface area contributed by atoms with Crippen LogP contribution in [-0.4, -0.2) is 38.8 Å². The molecule has 0 heterocycles. The Morgan fingerprint density at radius 1 is 1.17 bits per heavy atom. The third-order valence-corrected chi connectivity index (χ3v) is 4.66. The minimum absolute atomic E-state index is 0.106. The van der Waals surface area contributed by atoms with Crippen LogP contribution in [0.25, 0.3) is 0 Å². The van der Waals surface area contributed by atoms with Gasteiger partial charge in [0.15, 0.2) is 11.5 Å². The maximum Gasteiger partial charge on any atom is 0.237 e. The first-order valence-corrected chi connectivity index (χ1v) is 8.88.